The third kappa shape index (κ3) is 4.50. The largest absolute Gasteiger partial charge is 0.127 e. The van der Waals surface area contributed by atoms with Crippen LogP contribution in [0.4, 0.5) is 0 Å². The molecule has 38 heavy (non-hydrogen) atoms. The van der Waals surface area contributed by atoms with Gasteiger partial charge < -0.3 is 0 Å². The van der Waals surface area contributed by atoms with Crippen LogP contribution < -0.4 is 0 Å². The maximum Gasteiger partial charge on any atom is 0.0553 e. The molecule has 0 N–H and O–H groups in total. The molecule has 2 aromatic carbocycles. The van der Waals surface area contributed by atoms with Crippen LogP contribution in [0.15, 0.2) is 59.5 Å². The average molecular weight is 543 g/mol. The second-order valence-corrected chi connectivity index (χ2v) is 21.4. The van der Waals surface area contributed by atoms with Crippen LogP contribution in [0.1, 0.15) is 95.8 Å². The molecule has 0 spiro atoms. The van der Waals surface area contributed by atoms with Crippen molar-refractivity contribution in [3.05, 3.63) is 76.2 Å². The van der Waals surface area contributed by atoms with Crippen molar-refractivity contribution in [2.45, 2.75) is 114 Å². The van der Waals surface area contributed by atoms with Crippen molar-refractivity contribution >= 4 is 25.4 Å². The molecule has 0 radical (unpaired) electrons. The lowest BCUT2D eigenvalue weighted by Gasteiger charge is -2.46. The Kier molecular flexibility index (Phi) is 7.08. The minimum Gasteiger partial charge on any atom is -0.127 e. The minimum absolute atomic E-state index is 0.239. The molecular formula is C36H50SSi. The molecular weight excluding hydrogens is 493 g/mol. The number of thioether (sulfide) groups is 1. The van der Waals surface area contributed by atoms with Crippen LogP contribution in [0.2, 0.25) is 24.2 Å². The fraction of sp³-hybridized carbons (Fsp3) is 0.611. The summed E-state index contributed by atoms with van der Waals surface area (Å²) in [6.07, 6.45) is 8.74. The second-order valence-electron chi connectivity index (χ2n) is 15.0. The molecule has 2 heteroatoms. The predicted molar refractivity (Wildman–Crippen MR) is 171 cm³/mol. The highest BCUT2D eigenvalue weighted by atomic mass is 32.2. The Hall–Kier alpha value is -1.25. The lowest BCUT2D eigenvalue weighted by Crippen LogP contribution is -2.45. The van der Waals surface area contributed by atoms with Crippen LogP contribution >= 0.6 is 11.8 Å². The summed E-state index contributed by atoms with van der Waals surface area (Å²) in [7, 11) is -1.47. The Balaban J connectivity index is 1.23. The molecule has 8 unspecified atom stereocenters. The number of fused-ring (bicyclic) bond motifs is 2. The SMILES string of the molecule is CC1=C(c2ccccc2)C2CC(C)C([Si](C)(C)C3CCC4C(c5ccc(C(C)(C)C)cc5)CCCC43)C2S1. The summed E-state index contributed by atoms with van der Waals surface area (Å²) in [5.74, 6) is 4.32. The second kappa shape index (κ2) is 9.98. The van der Waals surface area contributed by atoms with Gasteiger partial charge in [-0.3, -0.25) is 0 Å². The van der Waals surface area contributed by atoms with E-state index in [1.54, 1.807) is 16.0 Å². The number of rotatable bonds is 4. The Labute approximate surface area is 238 Å². The molecule has 3 saturated carbocycles. The van der Waals surface area contributed by atoms with Gasteiger partial charge in [0.05, 0.1) is 8.07 Å². The summed E-state index contributed by atoms with van der Waals surface area (Å²) in [5, 5.41) is 0.824. The average Bonchev–Trinajstić information content (AvgIpc) is 3.54. The number of allylic oxidation sites excluding steroid dienone is 2. The third-order valence-electron chi connectivity index (χ3n) is 11.6. The van der Waals surface area contributed by atoms with Gasteiger partial charge in [0.2, 0.25) is 0 Å². The molecule has 3 aliphatic carbocycles. The van der Waals surface area contributed by atoms with E-state index < -0.39 is 8.07 Å². The highest BCUT2D eigenvalue weighted by Gasteiger charge is 2.58. The van der Waals surface area contributed by atoms with Crippen LogP contribution in [0.25, 0.3) is 5.57 Å². The quantitative estimate of drug-likeness (QED) is 0.346. The Bertz CT molecular complexity index is 1170. The lowest BCUT2D eigenvalue weighted by molar-refractivity contribution is 0.235. The molecule has 1 aliphatic heterocycles. The highest BCUT2D eigenvalue weighted by Crippen LogP contribution is 2.67. The van der Waals surface area contributed by atoms with E-state index in [4.69, 9.17) is 0 Å². The molecule has 0 bridgehead atoms. The van der Waals surface area contributed by atoms with Crippen LogP contribution in [0.5, 0.6) is 0 Å². The highest BCUT2D eigenvalue weighted by molar-refractivity contribution is 8.04. The molecule has 0 aromatic heterocycles. The minimum atomic E-state index is -1.47. The van der Waals surface area contributed by atoms with Crippen molar-refractivity contribution in [3.8, 4) is 0 Å². The van der Waals surface area contributed by atoms with E-state index in [0.29, 0.717) is 0 Å². The predicted octanol–water partition coefficient (Wildman–Crippen LogP) is 10.9. The first-order valence-electron chi connectivity index (χ1n) is 15.6. The molecule has 4 aliphatic rings. The molecule has 0 amide bonds. The van der Waals surface area contributed by atoms with Gasteiger partial charge in [-0.05, 0) is 99.4 Å². The van der Waals surface area contributed by atoms with Gasteiger partial charge in [0.1, 0.15) is 0 Å². The lowest BCUT2D eigenvalue weighted by atomic mass is 9.70. The van der Waals surface area contributed by atoms with E-state index in [1.807, 2.05) is 0 Å². The van der Waals surface area contributed by atoms with Gasteiger partial charge in [0.15, 0.2) is 0 Å². The molecule has 0 saturated heterocycles. The number of hydrogen-bond donors (Lipinski definition) is 0. The number of hydrogen-bond acceptors (Lipinski definition) is 1. The maximum atomic E-state index is 2.84. The topological polar surface area (TPSA) is 0 Å². The summed E-state index contributed by atoms with van der Waals surface area (Å²) in [6, 6.07) is 21.2. The normalized spacial score (nSPS) is 35.4. The van der Waals surface area contributed by atoms with Crippen LogP contribution in [0.3, 0.4) is 0 Å². The van der Waals surface area contributed by atoms with Gasteiger partial charge in [0.25, 0.3) is 0 Å². The van der Waals surface area contributed by atoms with Crippen molar-refractivity contribution in [2.75, 3.05) is 0 Å². The van der Waals surface area contributed by atoms with Crippen LogP contribution in [-0.2, 0) is 5.41 Å². The summed E-state index contributed by atoms with van der Waals surface area (Å²) in [4.78, 5) is 1.62. The zero-order valence-electron chi connectivity index (χ0n) is 25.0. The zero-order chi connectivity index (χ0) is 26.8. The Morgan fingerprint density at radius 1 is 0.816 bits per heavy atom. The fourth-order valence-electron chi connectivity index (χ4n) is 10.0. The summed E-state index contributed by atoms with van der Waals surface area (Å²) in [6.45, 7) is 17.7. The van der Waals surface area contributed by atoms with Crippen LogP contribution in [0, 0.1) is 23.7 Å². The van der Waals surface area contributed by atoms with Crippen molar-refractivity contribution < 1.29 is 0 Å². The molecule has 3 fully saturated rings. The maximum absolute atomic E-state index is 2.84. The van der Waals surface area contributed by atoms with Gasteiger partial charge >= 0.3 is 0 Å². The standard InChI is InChI=1S/C36H50SSi/c1-23-22-31-33(26-12-9-8-10-13-26)24(2)37-34(31)35(23)38(6,7)32-21-20-29-28(14-11-15-30(29)32)25-16-18-27(19-17-25)36(3,4)5/h8-10,12-13,16-19,23,28-32,34-35H,11,14-15,20-22H2,1-7H3. The molecule has 0 nitrogen and oxygen atoms in total. The van der Waals surface area contributed by atoms with E-state index in [9.17, 15) is 0 Å². The molecule has 6 rings (SSSR count). The third-order valence-corrected chi connectivity index (χ3v) is 18.6. The van der Waals surface area contributed by atoms with Crippen molar-refractivity contribution in [3.63, 3.8) is 0 Å². The first-order chi connectivity index (χ1) is 18.1. The van der Waals surface area contributed by atoms with E-state index in [1.165, 1.54) is 49.7 Å². The van der Waals surface area contributed by atoms with Crippen molar-refractivity contribution in [2.24, 2.45) is 23.7 Å². The number of benzene rings is 2. The first kappa shape index (κ1) is 26.9. The molecule has 8 atom stereocenters. The van der Waals surface area contributed by atoms with E-state index in [2.05, 4.69) is 114 Å². The first-order valence-corrected chi connectivity index (χ1v) is 19.6. The van der Waals surface area contributed by atoms with E-state index in [0.717, 1.165) is 45.9 Å². The Morgan fingerprint density at radius 3 is 2.21 bits per heavy atom. The Morgan fingerprint density at radius 2 is 1.53 bits per heavy atom. The summed E-state index contributed by atoms with van der Waals surface area (Å²) < 4.78 is 0. The fourth-order valence-corrected chi connectivity index (χ4v) is 18.5. The summed E-state index contributed by atoms with van der Waals surface area (Å²) in [5.41, 5.74) is 8.50. The molecule has 2 aromatic rings. The smallest absolute Gasteiger partial charge is 0.0553 e. The van der Waals surface area contributed by atoms with Crippen molar-refractivity contribution in [1.29, 1.82) is 0 Å². The van der Waals surface area contributed by atoms with E-state index >= 15 is 0 Å². The van der Waals surface area contributed by atoms with Gasteiger partial charge in [-0.1, -0.05) is 115 Å². The monoisotopic (exact) mass is 542 g/mol. The summed E-state index contributed by atoms with van der Waals surface area (Å²) >= 11 is 2.28. The van der Waals surface area contributed by atoms with Crippen LogP contribution in [-0.4, -0.2) is 13.3 Å². The van der Waals surface area contributed by atoms with Crippen molar-refractivity contribution in [1.82, 2.24) is 0 Å². The van der Waals surface area contributed by atoms with E-state index in [-0.39, 0.29) is 5.41 Å². The molecule has 204 valence electrons. The van der Waals surface area contributed by atoms with Gasteiger partial charge in [-0.2, -0.15) is 0 Å². The van der Waals surface area contributed by atoms with Gasteiger partial charge in [0, 0.05) is 5.25 Å². The zero-order valence-corrected chi connectivity index (χ0v) is 26.8. The van der Waals surface area contributed by atoms with Gasteiger partial charge in [-0.15, -0.1) is 11.8 Å². The molecule has 1 heterocycles. The van der Waals surface area contributed by atoms with Gasteiger partial charge in [-0.25, -0.2) is 0 Å².